The molecule has 0 saturated carbocycles. The van der Waals surface area contributed by atoms with E-state index in [4.69, 9.17) is 14.7 Å². The summed E-state index contributed by atoms with van der Waals surface area (Å²) in [6.07, 6.45) is 5.66. The zero-order valence-corrected chi connectivity index (χ0v) is 24.5. The van der Waals surface area contributed by atoms with Crippen LogP contribution < -0.4 is 9.64 Å². The van der Waals surface area contributed by atoms with Crippen LogP contribution in [0, 0.1) is 21.3 Å². The number of nitrogens with zero attached hydrogens (tertiary/aromatic N) is 5. The molecule has 0 saturated heterocycles. The summed E-state index contributed by atoms with van der Waals surface area (Å²) in [5, 5.41) is 26.0. The van der Waals surface area contributed by atoms with Crippen molar-refractivity contribution in [1.29, 1.82) is 10.5 Å². The zero-order chi connectivity index (χ0) is 29.5. The maximum Gasteiger partial charge on any atom is 0.151 e. The van der Waals surface area contributed by atoms with E-state index in [2.05, 4.69) is 64.7 Å². The van der Waals surface area contributed by atoms with Crippen LogP contribution in [0.4, 0.5) is 11.4 Å². The molecule has 5 aromatic rings. The fraction of sp³-hybridized carbons (Fsp3) is 0.0286. The minimum Gasteiger partial charge on any atom is -0.458 e. The Kier molecular flexibility index (Phi) is 6.71. The average Bonchev–Trinajstić information content (AvgIpc) is 3.35. The lowest BCUT2D eigenvalue weighted by Gasteiger charge is -2.33. The number of rotatable bonds is 6. The molecule has 0 fully saturated rings. The molecule has 1 aliphatic carbocycles. The van der Waals surface area contributed by atoms with Crippen LogP contribution in [0.25, 0.3) is 44.4 Å². The Morgan fingerprint density at radius 2 is 1.58 bits per heavy atom. The third-order valence-electron chi connectivity index (χ3n) is 7.45. The van der Waals surface area contributed by atoms with Gasteiger partial charge in [0.25, 0.3) is 0 Å². The molecule has 7 rings (SSSR count). The van der Waals surface area contributed by atoms with E-state index in [1.165, 1.54) is 0 Å². The van der Waals surface area contributed by atoms with E-state index >= 15 is 0 Å². The smallest absolute Gasteiger partial charge is 0.151 e. The fourth-order valence-electron chi connectivity index (χ4n) is 5.70. The van der Waals surface area contributed by atoms with Crippen LogP contribution in [0.3, 0.4) is 0 Å². The second-order valence-electron chi connectivity index (χ2n) is 9.80. The molecular formula is C35H21N5OS2. The van der Waals surface area contributed by atoms with Crippen LogP contribution in [0.5, 0.6) is 5.75 Å². The van der Waals surface area contributed by atoms with Crippen molar-refractivity contribution in [1.82, 2.24) is 9.97 Å². The van der Waals surface area contributed by atoms with Crippen molar-refractivity contribution in [2.45, 2.75) is 17.0 Å². The van der Waals surface area contributed by atoms with Crippen molar-refractivity contribution in [3.63, 3.8) is 0 Å². The molecule has 2 aliphatic rings. The summed E-state index contributed by atoms with van der Waals surface area (Å²) in [5.41, 5.74) is 8.34. The molecule has 1 aromatic heterocycles. The molecule has 1 aliphatic heterocycles. The third-order valence-corrected chi connectivity index (χ3v) is 8.72. The van der Waals surface area contributed by atoms with Crippen LogP contribution in [-0.4, -0.2) is 9.97 Å². The number of allylic oxidation sites excluding steroid dienone is 4. The summed E-state index contributed by atoms with van der Waals surface area (Å²) in [6.45, 7) is 5.80. The molecule has 6 nitrogen and oxygen atoms in total. The number of thioether (sulfide) groups is 2. The van der Waals surface area contributed by atoms with Gasteiger partial charge in [0.1, 0.15) is 26.6 Å². The van der Waals surface area contributed by atoms with Crippen molar-refractivity contribution >= 4 is 45.7 Å². The quantitative estimate of drug-likeness (QED) is 0.108. The summed E-state index contributed by atoms with van der Waals surface area (Å²) in [7, 11) is 0. The van der Waals surface area contributed by atoms with Gasteiger partial charge in [0.2, 0.25) is 0 Å². The number of hydrogen-bond acceptors (Lipinski definition) is 8. The Morgan fingerprint density at radius 1 is 0.837 bits per heavy atom. The van der Waals surface area contributed by atoms with Gasteiger partial charge in [-0.3, -0.25) is 0 Å². The van der Waals surface area contributed by atoms with Crippen LogP contribution in [-0.2, 0) is 0 Å². The number of aromatic nitrogens is 2. The minimum atomic E-state index is 0.437. The number of anilines is 2. The Morgan fingerprint density at radius 3 is 2.33 bits per heavy atom. The number of ether oxygens (including phenoxy) is 1. The van der Waals surface area contributed by atoms with Crippen LogP contribution in [0.15, 0.2) is 125 Å². The van der Waals surface area contributed by atoms with Crippen molar-refractivity contribution in [2.75, 3.05) is 4.90 Å². The maximum atomic E-state index is 9.43. The van der Waals surface area contributed by atoms with Crippen molar-refractivity contribution in [3.05, 3.63) is 115 Å². The summed E-state index contributed by atoms with van der Waals surface area (Å²) in [5.74, 6) is 1.59. The molecule has 0 spiro atoms. The monoisotopic (exact) mass is 591 g/mol. The largest absolute Gasteiger partial charge is 0.458 e. The second kappa shape index (κ2) is 10.8. The Bertz CT molecular complexity index is 2120. The van der Waals surface area contributed by atoms with Gasteiger partial charge in [0.15, 0.2) is 5.75 Å². The minimum absolute atomic E-state index is 0.437. The standard InChI is InChI=1S/C35H21N5OS2/c1-3-4-10-27-21(2)41-29-12-6-5-11-28(29)40(27)24-16-13-22(14-17-24)25-18-15-23-8-7-9-26-30(23)31(25)33-32(26)38-34(42-19-36)35(39-33)43-20-37/h3-18H,1H2,2H3/b10-4-. The van der Waals surface area contributed by atoms with Crippen LogP contribution in [0.2, 0.25) is 0 Å². The van der Waals surface area contributed by atoms with E-state index in [1.807, 2.05) is 55.5 Å². The van der Waals surface area contributed by atoms with E-state index in [0.717, 1.165) is 96.5 Å². The van der Waals surface area contributed by atoms with Gasteiger partial charge < -0.3 is 9.64 Å². The normalized spacial score (nSPS) is 13.0. The second-order valence-corrected chi connectivity index (χ2v) is 11.3. The lowest BCUT2D eigenvalue weighted by molar-refractivity contribution is 0.414. The molecule has 43 heavy (non-hydrogen) atoms. The van der Waals surface area contributed by atoms with E-state index in [0.29, 0.717) is 10.1 Å². The van der Waals surface area contributed by atoms with Gasteiger partial charge in [0.05, 0.1) is 22.8 Å². The Labute approximate surface area is 257 Å². The lowest BCUT2D eigenvalue weighted by atomic mass is 9.94. The van der Waals surface area contributed by atoms with Crippen LogP contribution >= 0.6 is 23.5 Å². The number of para-hydroxylation sites is 2. The first-order valence-corrected chi connectivity index (χ1v) is 15.0. The molecule has 8 heteroatoms. The Balaban J connectivity index is 1.38. The molecule has 0 atom stereocenters. The molecule has 0 radical (unpaired) electrons. The van der Waals surface area contributed by atoms with Crippen molar-refractivity contribution < 1.29 is 4.74 Å². The first kappa shape index (κ1) is 26.6. The van der Waals surface area contributed by atoms with E-state index in [1.54, 1.807) is 6.08 Å². The first-order valence-electron chi connectivity index (χ1n) is 13.4. The van der Waals surface area contributed by atoms with Gasteiger partial charge in [0, 0.05) is 45.7 Å². The molecule has 4 aromatic carbocycles. The zero-order valence-electron chi connectivity index (χ0n) is 22.9. The van der Waals surface area contributed by atoms with Gasteiger partial charge >= 0.3 is 0 Å². The third kappa shape index (κ3) is 4.36. The lowest BCUT2D eigenvalue weighted by Crippen LogP contribution is -2.22. The molecule has 0 unspecified atom stereocenters. The van der Waals surface area contributed by atoms with Gasteiger partial charge in [-0.2, -0.15) is 10.5 Å². The van der Waals surface area contributed by atoms with Crippen molar-refractivity contribution in [2.24, 2.45) is 0 Å². The van der Waals surface area contributed by atoms with E-state index in [9.17, 15) is 10.5 Å². The average molecular weight is 592 g/mol. The summed E-state index contributed by atoms with van der Waals surface area (Å²) in [6, 6.07) is 26.8. The predicted molar refractivity (Wildman–Crippen MR) is 174 cm³/mol. The highest BCUT2D eigenvalue weighted by Gasteiger charge is 2.30. The van der Waals surface area contributed by atoms with Crippen molar-refractivity contribution in [3.8, 4) is 50.2 Å². The summed E-state index contributed by atoms with van der Waals surface area (Å²) in [4.78, 5) is 11.9. The van der Waals surface area contributed by atoms with E-state index < -0.39 is 0 Å². The molecule has 0 bridgehead atoms. The maximum absolute atomic E-state index is 9.43. The molecular weight excluding hydrogens is 571 g/mol. The van der Waals surface area contributed by atoms with Gasteiger partial charge in [-0.25, -0.2) is 9.97 Å². The number of benzene rings is 4. The SMILES string of the molecule is C=C/C=C\C1=C(C)Oc2ccccc2N1c1ccc(-c2ccc3cccc4c3c2-c2nc(SC#N)c(SC#N)nc2-4)cc1. The Hall–Kier alpha value is -5.28. The highest BCUT2D eigenvalue weighted by Crippen LogP contribution is 2.51. The molecule has 0 N–H and O–H groups in total. The fourth-order valence-corrected chi connectivity index (χ4v) is 6.66. The number of thiocyanates is 2. The molecule has 0 amide bonds. The topological polar surface area (TPSA) is 85.8 Å². The predicted octanol–water partition coefficient (Wildman–Crippen LogP) is 9.59. The van der Waals surface area contributed by atoms with E-state index in [-0.39, 0.29) is 0 Å². The van der Waals surface area contributed by atoms with Gasteiger partial charge in [-0.1, -0.05) is 73.3 Å². The molecule has 204 valence electrons. The summed E-state index contributed by atoms with van der Waals surface area (Å²) >= 11 is 1.85. The molecule has 2 heterocycles. The van der Waals surface area contributed by atoms with Crippen LogP contribution in [0.1, 0.15) is 6.92 Å². The summed E-state index contributed by atoms with van der Waals surface area (Å²) < 4.78 is 6.15. The first-order chi connectivity index (χ1) is 21.1. The van der Waals surface area contributed by atoms with Gasteiger partial charge in [-0.05, 0) is 53.8 Å². The number of fused-ring (bicyclic) bond motifs is 4. The number of hydrogen-bond donors (Lipinski definition) is 0. The number of nitriles is 2. The highest BCUT2D eigenvalue weighted by molar-refractivity contribution is 8.06. The van der Waals surface area contributed by atoms with Gasteiger partial charge in [-0.15, -0.1) is 0 Å². The highest BCUT2D eigenvalue weighted by atomic mass is 32.2.